The van der Waals surface area contributed by atoms with Gasteiger partial charge in [0.1, 0.15) is 0 Å². The monoisotopic (exact) mass is 772 g/mol. The lowest BCUT2D eigenvalue weighted by Crippen LogP contribution is -2.18. The number of hydrogen-bond donors (Lipinski definition) is 4. The lowest BCUT2D eigenvalue weighted by Gasteiger charge is -2.18. The third-order valence-corrected chi connectivity index (χ3v) is 11.3. The van der Waals surface area contributed by atoms with Crippen molar-refractivity contribution in [2.24, 2.45) is 0 Å². The van der Waals surface area contributed by atoms with Crippen LogP contribution in [0.15, 0.2) is 107 Å². The summed E-state index contributed by atoms with van der Waals surface area (Å²) in [6, 6.07) is 21.1. The Morgan fingerprint density at radius 1 is 0.519 bits per heavy atom. The molecule has 0 saturated heterocycles. The number of nitrogens with zero attached hydrogens (tertiary/aromatic N) is 2. The number of rotatable bonds is 12. The molecular formula is C36H32N6O10S2. The van der Waals surface area contributed by atoms with Gasteiger partial charge >= 0.3 is 0 Å². The number of benzene rings is 5. The molecule has 0 aliphatic rings. The summed E-state index contributed by atoms with van der Waals surface area (Å²) in [7, 11) is -8.62. The molecule has 4 N–H and O–H groups in total. The van der Waals surface area contributed by atoms with E-state index in [1.807, 2.05) is 0 Å². The molecule has 0 unspecified atom stereocenters. The Labute approximate surface area is 309 Å². The van der Waals surface area contributed by atoms with E-state index in [1.54, 1.807) is 27.7 Å². The Balaban J connectivity index is 1.36. The number of nitro benzene ring substituents is 2. The van der Waals surface area contributed by atoms with E-state index >= 15 is 0 Å². The largest absolute Gasteiger partial charge is 0.322 e. The molecule has 0 bridgehead atoms. The first-order chi connectivity index (χ1) is 25.3. The predicted octanol–water partition coefficient (Wildman–Crippen LogP) is 6.84. The summed E-state index contributed by atoms with van der Waals surface area (Å²) in [6.45, 7) is 6.44. The van der Waals surface area contributed by atoms with Crippen LogP contribution in [0.4, 0.5) is 34.1 Å². The third-order valence-electron chi connectivity index (χ3n) is 8.32. The van der Waals surface area contributed by atoms with Crippen molar-refractivity contribution in [1.29, 1.82) is 0 Å². The summed E-state index contributed by atoms with van der Waals surface area (Å²) >= 11 is 0. The molecule has 278 valence electrons. The summed E-state index contributed by atoms with van der Waals surface area (Å²) < 4.78 is 59.8. The molecule has 18 heteroatoms. The van der Waals surface area contributed by atoms with Crippen LogP contribution >= 0.6 is 0 Å². The van der Waals surface area contributed by atoms with Crippen LogP contribution in [0.2, 0.25) is 0 Å². The van der Waals surface area contributed by atoms with Crippen molar-refractivity contribution in [3.8, 4) is 0 Å². The van der Waals surface area contributed by atoms with Crippen LogP contribution in [0.3, 0.4) is 0 Å². The second-order valence-corrected chi connectivity index (χ2v) is 15.5. The molecule has 0 atom stereocenters. The molecular weight excluding hydrogens is 741 g/mol. The minimum Gasteiger partial charge on any atom is -0.322 e. The number of anilines is 4. The first-order valence-corrected chi connectivity index (χ1v) is 18.8. The molecule has 5 aromatic carbocycles. The van der Waals surface area contributed by atoms with Gasteiger partial charge in [0, 0.05) is 46.8 Å². The Hall–Kier alpha value is -6.66. The number of aryl methyl sites for hydroxylation is 3. The van der Waals surface area contributed by atoms with Gasteiger partial charge < -0.3 is 10.6 Å². The van der Waals surface area contributed by atoms with Crippen LogP contribution in [0.1, 0.15) is 43.0 Å². The van der Waals surface area contributed by atoms with Gasteiger partial charge in [-0.05, 0) is 111 Å². The second kappa shape index (κ2) is 15.1. The molecule has 0 heterocycles. The number of sulfonamides is 2. The van der Waals surface area contributed by atoms with Crippen LogP contribution in [0.25, 0.3) is 0 Å². The maximum Gasteiger partial charge on any atom is 0.269 e. The van der Waals surface area contributed by atoms with Gasteiger partial charge in [-0.1, -0.05) is 12.1 Å². The SMILES string of the molecule is Cc1ccc(NC(=O)c2ccc([N+](=O)[O-])cc2)cc1S(=O)(=O)Nc1cc(C)c(C)c(NS(=O)(=O)c2cc(NC(=O)c3ccc([N+](=O)[O-])cc3)ccc2C)c1. The molecule has 0 fully saturated rings. The van der Waals surface area contributed by atoms with Crippen molar-refractivity contribution < 1.29 is 36.3 Å². The van der Waals surface area contributed by atoms with E-state index in [1.165, 1.54) is 97.1 Å². The van der Waals surface area contributed by atoms with Crippen LogP contribution in [0.5, 0.6) is 0 Å². The highest BCUT2D eigenvalue weighted by Crippen LogP contribution is 2.31. The highest BCUT2D eigenvalue weighted by molar-refractivity contribution is 7.93. The average Bonchev–Trinajstić information content (AvgIpc) is 3.11. The lowest BCUT2D eigenvalue weighted by molar-refractivity contribution is -0.385. The quantitative estimate of drug-likeness (QED) is 0.0760. The van der Waals surface area contributed by atoms with Gasteiger partial charge in [0.15, 0.2) is 0 Å². The molecule has 0 aromatic heterocycles. The van der Waals surface area contributed by atoms with Gasteiger partial charge in [0.05, 0.1) is 31.0 Å². The number of amides is 2. The van der Waals surface area contributed by atoms with E-state index in [-0.39, 0.29) is 55.0 Å². The van der Waals surface area contributed by atoms with Crippen molar-refractivity contribution in [1.82, 2.24) is 0 Å². The Bertz CT molecular complexity index is 2560. The number of carbonyl (C=O) groups excluding carboxylic acids is 2. The number of nitrogens with one attached hydrogen (secondary N) is 4. The molecule has 2 amide bonds. The summed E-state index contributed by atoms with van der Waals surface area (Å²) in [5.74, 6) is -1.24. The van der Waals surface area contributed by atoms with Crippen LogP contribution in [0, 0.1) is 47.9 Å². The maximum absolute atomic E-state index is 13.7. The molecule has 0 aliphatic carbocycles. The topological polar surface area (TPSA) is 237 Å². The van der Waals surface area contributed by atoms with Crippen LogP contribution in [-0.2, 0) is 20.0 Å². The molecule has 5 rings (SSSR count). The number of non-ortho nitro benzene ring substituents is 2. The normalized spacial score (nSPS) is 11.3. The summed E-state index contributed by atoms with van der Waals surface area (Å²) in [5.41, 5.74) is 1.97. The van der Waals surface area contributed by atoms with Crippen molar-refractivity contribution in [3.05, 3.63) is 151 Å². The number of nitro groups is 2. The van der Waals surface area contributed by atoms with Crippen LogP contribution in [-0.4, -0.2) is 38.5 Å². The van der Waals surface area contributed by atoms with Crippen molar-refractivity contribution in [2.45, 2.75) is 37.5 Å². The molecule has 0 saturated carbocycles. The zero-order valence-electron chi connectivity index (χ0n) is 29.0. The highest BCUT2D eigenvalue weighted by Gasteiger charge is 2.23. The predicted molar refractivity (Wildman–Crippen MR) is 202 cm³/mol. The smallest absolute Gasteiger partial charge is 0.269 e. The zero-order chi connectivity index (χ0) is 39.5. The van der Waals surface area contributed by atoms with E-state index in [9.17, 15) is 46.7 Å². The minimum absolute atomic E-state index is 0.0383. The first kappa shape index (κ1) is 38.6. The fourth-order valence-electron chi connectivity index (χ4n) is 5.24. The van der Waals surface area contributed by atoms with E-state index in [4.69, 9.17) is 0 Å². The average molecular weight is 773 g/mol. The Morgan fingerprint density at radius 3 is 1.33 bits per heavy atom. The van der Waals surface area contributed by atoms with Gasteiger partial charge in [0.25, 0.3) is 43.2 Å². The Kier molecular flexibility index (Phi) is 10.8. The first-order valence-electron chi connectivity index (χ1n) is 15.8. The summed E-state index contributed by atoms with van der Waals surface area (Å²) in [4.78, 5) is 45.9. The van der Waals surface area contributed by atoms with E-state index < -0.39 is 41.7 Å². The van der Waals surface area contributed by atoms with Gasteiger partial charge in [-0.15, -0.1) is 0 Å². The summed E-state index contributed by atoms with van der Waals surface area (Å²) in [6.07, 6.45) is 0. The van der Waals surface area contributed by atoms with Crippen molar-refractivity contribution >= 4 is 66.0 Å². The van der Waals surface area contributed by atoms with Gasteiger partial charge in [-0.3, -0.25) is 39.3 Å². The van der Waals surface area contributed by atoms with E-state index in [0.29, 0.717) is 22.3 Å². The van der Waals surface area contributed by atoms with E-state index in [0.717, 1.165) is 0 Å². The van der Waals surface area contributed by atoms with Crippen molar-refractivity contribution in [2.75, 3.05) is 20.1 Å². The number of hydrogen-bond acceptors (Lipinski definition) is 10. The molecule has 16 nitrogen and oxygen atoms in total. The van der Waals surface area contributed by atoms with Gasteiger partial charge in [-0.25, -0.2) is 16.8 Å². The zero-order valence-corrected chi connectivity index (χ0v) is 30.7. The van der Waals surface area contributed by atoms with E-state index in [2.05, 4.69) is 20.1 Å². The fourth-order valence-corrected chi connectivity index (χ4v) is 7.94. The maximum atomic E-state index is 13.7. The summed E-state index contributed by atoms with van der Waals surface area (Å²) in [5, 5.41) is 27.1. The highest BCUT2D eigenvalue weighted by atomic mass is 32.2. The van der Waals surface area contributed by atoms with Gasteiger partial charge in [0.2, 0.25) is 0 Å². The molecule has 0 aliphatic heterocycles. The fraction of sp³-hybridized carbons (Fsp3) is 0.111. The third kappa shape index (κ3) is 8.68. The van der Waals surface area contributed by atoms with Crippen molar-refractivity contribution in [3.63, 3.8) is 0 Å². The van der Waals surface area contributed by atoms with Crippen LogP contribution < -0.4 is 20.1 Å². The van der Waals surface area contributed by atoms with Gasteiger partial charge in [-0.2, -0.15) is 0 Å². The second-order valence-electron chi connectivity index (χ2n) is 12.2. The molecule has 54 heavy (non-hydrogen) atoms. The lowest BCUT2D eigenvalue weighted by atomic mass is 10.1. The number of carbonyl (C=O) groups is 2. The Morgan fingerprint density at radius 2 is 0.926 bits per heavy atom. The molecule has 0 radical (unpaired) electrons. The standard InChI is InChI=1S/C36H32N6O10S2/c1-21-5-11-27(37-35(43)25-7-13-30(14-8-25)41(45)46)19-33(21)53(49,50)39-29-17-23(3)24(4)32(18-29)40-54(51,52)34-20-28(12-6-22(34)2)38-36(44)26-9-15-31(16-10-26)42(47)48/h5-20,39-40H,1-4H3,(H,37,43)(H,38,44). The molecule has 0 spiro atoms. The molecule has 5 aromatic rings. The minimum atomic E-state index is -4.31.